The Bertz CT molecular complexity index is 236. The molecule has 0 aliphatic heterocycles. The second-order valence-electron chi connectivity index (χ2n) is 2.10. The lowest BCUT2D eigenvalue weighted by atomic mass is 10.2. The maximum Gasteiger partial charge on any atom is 0.181 e. The molecule has 0 saturated heterocycles. The average molecular weight is 180 g/mol. The van der Waals surface area contributed by atoms with Crippen molar-refractivity contribution >= 4 is 18.1 Å². The first-order valence-corrected chi connectivity index (χ1v) is 2.83. The fourth-order valence-electron chi connectivity index (χ4n) is 0.661. The fourth-order valence-corrected chi connectivity index (χ4v) is 0.661. The molecule has 0 atom stereocenters. The van der Waals surface area contributed by atoms with Crippen LogP contribution < -0.4 is 5.73 Å². The standard InChI is InChI=1S/C7H7F2N.ClH/c1-4-2-3-5(10)7(9)6(4)8;/h2-3H,10H2,1H3;1H. The van der Waals surface area contributed by atoms with Crippen LogP contribution in [0.5, 0.6) is 0 Å². The van der Waals surface area contributed by atoms with Crippen LogP contribution in [-0.4, -0.2) is 0 Å². The van der Waals surface area contributed by atoms with Crippen LogP contribution >= 0.6 is 12.4 Å². The molecule has 1 nitrogen and oxygen atoms in total. The molecule has 0 aromatic heterocycles. The SMILES string of the molecule is Cc1ccc(N)c(F)c1F.Cl. The van der Waals surface area contributed by atoms with Crippen molar-refractivity contribution in [1.29, 1.82) is 0 Å². The van der Waals surface area contributed by atoms with Crippen LogP contribution in [0, 0.1) is 18.6 Å². The van der Waals surface area contributed by atoms with E-state index in [4.69, 9.17) is 5.73 Å². The number of anilines is 1. The van der Waals surface area contributed by atoms with Crippen LogP contribution in [-0.2, 0) is 0 Å². The van der Waals surface area contributed by atoms with E-state index in [9.17, 15) is 8.78 Å². The molecule has 4 heteroatoms. The fraction of sp³-hybridized carbons (Fsp3) is 0.143. The predicted molar refractivity (Wildman–Crippen MR) is 42.8 cm³/mol. The van der Waals surface area contributed by atoms with Crippen molar-refractivity contribution in [2.45, 2.75) is 6.92 Å². The summed E-state index contributed by atoms with van der Waals surface area (Å²) >= 11 is 0. The van der Waals surface area contributed by atoms with Crippen molar-refractivity contribution in [2.75, 3.05) is 5.73 Å². The van der Waals surface area contributed by atoms with E-state index in [2.05, 4.69) is 0 Å². The van der Waals surface area contributed by atoms with Gasteiger partial charge < -0.3 is 5.73 Å². The molecule has 0 aliphatic carbocycles. The third-order valence-electron chi connectivity index (χ3n) is 1.31. The van der Waals surface area contributed by atoms with Crippen molar-refractivity contribution in [2.24, 2.45) is 0 Å². The van der Waals surface area contributed by atoms with Crippen LogP contribution in [0.15, 0.2) is 12.1 Å². The average Bonchev–Trinajstić information content (AvgIpc) is 1.93. The van der Waals surface area contributed by atoms with Gasteiger partial charge >= 0.3 is 0 Å². The second-order valence-corrected chi connectivity index (χ2v) is 2.10. The van der Waals surface area contributed by atoms with E-state index >= 15 is 0 Å². The number of halogens is 3. The van der Waals surface area contributed by atoms with Crippen LogP contribution in [0.3, 0.4) is 0 Å². The Kier molecular flexibility index (Phi) is 3.26. The van der Waals surface area contributed by atoms with Gasteiger partial charge in [0.05, 0.1) is 5.69 Å². The van der Waals surface area contributed by atoms with Crippen LogP contribution in [0.2, 0.25) is 0 Å². The van der Waals surface area contributed by atoms with Crippen molar-refractivity contribution in [3.05, 3.63) is 29.3 Å². The van der Waals surface area contributed by atoms with Gasteiger partial charge in [-0.1, -0.05) is 6.07 Å². The smallest absolute Gasteiger partial charge is 0.181 e. The molecule has 0 aliphatic rings. The third kappa shape index (κ3) is 1.80. The molecule has 0 spiro atoms. The summed E-state index contributed by atoms with van der Waals surface area (Å²) in [5.74, 6) is -1.82. The normalized spacial score (nSPS) is 9.00. The molecule has 1 rings (SSSR count). The third-order valence-corrected chi connectivity index (χ3v) is 1.31. The number of aryl methyl sites for hydroxylation is 1. The molecule has 0 radical (unpaired) electrons. The molecular weight excluding hydrogens is 172 g/mol. The largest absolute Gasteiger partial charge is 0.396 e. The summed E-state index contributed by atoms with van der Waals surface area (Å²) in [5, 5.41) is 0. The number of nitrogens with two attached hydrogens (primary N) is 1. The highest BCUT2D eigenvalue weighted by molar-refractivity contribution is 5.85. The van der Waals surface area contributed by atoms with E-state index < -0.39 is 11.6 Å². The molecule has 62 valence electrons. The summed E-state index contributed by atoms with van der Waals surface area (Å²) in [7, 11) is 0. The summed E-state index contributed by atoms with van der Waals surface area (Å²) in [6, 6.07) is 2.78. The maximum absolute atomic E-state index is 12.5. The first-order valence-electron chi connectivity index (χ1n) is 2.83. The Morgan fingerprint density at radius 2 is 1.73 bits per heavy atom. The van der Waals surface area contributed by atoms with Gasteiger partial charge in [0, 0.05) is 0 Å². The minimum atomic E-state index is -0.958. The van der Waals surface area contributed by atoms with Crippen LogP contribution in [0.1, 0.15) is 5.56 Å². The minimum Gasteiger partial charge on any atom is -0.396 e. The first-order chi connectivity index (χ1) is 4.63. The molecule has 2 N–H and O–H groups in total. The zero-order valence-corrected chi connectivity index (χ0v) is 6.71. The molecule has 0 fully saturated rings. The Morgan fingerprint density at radius 3 is 2.18 bits per heavy atom. The van der Waals surface area contributed by atoms with E-state index in [1.54, 1.807) is 0 Å². The van der Waals surface area contributed by atoms with E-state index in [-0.39, 0.29) is 23.7 Å². The lowest BCUT2D eigenvalue weighted by Crippen LogP contribution is -1.95. The summed E-state index contributed by atoms with van der Waals surface area (Å²) in [6.45, 7) is 1.48. The number of rotatable bonds is 0. The maximum atomic E-state index is 12.5. The number of hydrogen-bond acceptors (Lipinski definition) is 1. The Morgan fingerprint density at radius 1 is 1.18 bits per heavy atom. The van der Waals surface area contributed by atoms with Gasteiger partial charge in [-0.05, 0) is 18.6 Å². The first kappa shape index (κ1) is 10.2. The molecule has 0 heterocycles. The van der Waals surface area contributed by atoms with Crippen molar-refractivity contribution < 1.29 is 8.78 Å². The topological polar surface area (TPSA) is 26.0 Å². The molecule has 1 aromatic carbocycles. The summed E-state index contributed by atoms with van der Waals surface area (Å²) in [5.41, 5.74) is 5.19. The highest BCUT2D eigenvalue weighted by Gasteiger charge is 2.06. The molecule has 0 saturated carbocycles. The molecule has 0 bridgehead atoms. The van der Waals surface area contributed by atoms with Gasteiger partial charge in [0.1, 0.15) is 0 Å². The summed E-state index contributed by atoms with van der Waals surface area (Å²) in [4.78, 5) is 0. The van der Waals surface area contributed by atoms with Gasteiger partial charge in [-0.3, -0.25) is 0 Å². The molecule has 0 unspecified atom stereocenters. The van der Waals surface area contributed by atoms with E-state index in [1.165, 1.54) is 19.1 Å². The van der Waals surface area contributed by atoms with Gasteiger partial charge in [0.25, 0.3) is 0 Å². The van der Waals surface area contributed by atoms with E-state index in [0.29, 0.717) is 0 Å². The zero-order valence-electron chi connectivity index (χ0n) is 5.90. The monoisotopic (exact) mass is 179 g/mol. The molecule has 0 amide bonds. The van der Waals surface area contributed by atoms with E-state index in [1.807, 2.05) is 0 Å². The summed E-state index contributed by atoms with van der Waals surface area (Å²) < 4.78 is 25.0. The lowest BCUT2D eigenvalue weighted by molar-refractivity contribution is 0.506. The molecule has 1 aromatic rings. The van der Waals surface area contributed by atoms with Gasteiger partial charge in [0.2, 0.25) is 0 Å². The second kappa shape index (κ2) is 3.53. The Labute approximate surface area is 69.6 Å². The highest BCUT2D eigenvalue weighted by atomic mass is 35.5. The number of nitrogen functional groups attached to an aromatic ring is 1. The molecule has 11 heavy (non-hydrogen) atoms. The Hall–Kier alpha value is -0.830. The van der Waals surface area contributed by atoms with Gasteiger partial charge in [-0.25, -0.2) is 8.78 Å². The van der Waals surface area contributed by atoms with Crippen LogP contribution in [0.25, 0.3) is 0 Å². The minimum absolute atomic E-state index is 0. The number of hydrogen-bond donors (Lipinski definition) is 1. The lowest BCUT2D eigenvalue weighted by Gasteiger charge is -1.99. The predicted octanol–water partition coefficient (Wildman–Crippen LogP) is 2.28. The van der Waals surface area contributed by atoms with Gasteiger partial charge in [-0.15, -0.1) is 12.4 Å². The van der Waals surface area contributed by atoms with Crippen LogP contribution in [0.4, 0.5) is 14.5 Å². The number of benzene rings is 1. The van der Waals surface area contributed by atoms with Crippen molar-refractivity contribution in [3.8, 4) is 0 Å². The summed E-state index contributed by atoms with van der Waals surface area (Å²) in [6.07, 6.45) is 0. The highest BCUT2D eigenvalue weighted by Crippen LogP contribution is 2.16. The van der Waals surface area contributed by atoms with Gasteiger partial charge in [0.15, 0.2) is 11.6 Å². The van der Waals surface area contributed by atoms with E-state index in [0.717, 1.165) is 0 Å². The quantitative estimate of drug-likeness (QED) is 0.608. The zero-order chi connectivity index (χ0) is 7.72. The van der Waals surface area contributed by atoms with Crippen molar-refractivity contribution in [3.63, 3.8) is 0 Å². The van der Waals surface area contributed by atoms with Gasteiger partial charge in [-0.2, -0.15) is 0 Å². The van der Waals surface area contributed by atoms with Crippen molar-refractivity contribution in [1.82, 2.24) is 0 Å². The molecular formula is C7H8ClF2N. The Balaban J connectivity index is 0.000001000.